The Bertz CT molecular complexity index is 3330. The van der Waals surface area contributed by atoms with Crippen molar-refractivity contribution in [3.05, 3.63) is 146 Å². The summed E-state index contributed by atoms with van der Waals surface area (Å²) in [7, 11) is 0. The van der Waals surface area contributed by atoms with Crippen molar-refractivity contribution >= 4 is 93.1 Å². The molecule has 49 heavy (non-hydrogen) atoms. The van der Waals surface area contributed by atoms with Gasteiger partial charge in [0, 0.05) is 43.4 Å². The van der Waals surface area contributed by atoms with E-state index < -0.39 is 0 Å². The summed E-state index contributed by atoms with van der Waals surface area (Å²) < 4.78 is 10.9. The van der Waals surface area contributed by atoms with Crippen LogP contribution < -0.4 is 0 Å². The van der Waals surface area contributed by atoms with Gasteiger partial charge in [0.25, 0.3) is 0 Å². The lowest BCUT2D eigenvalue weighted by atomic mass is 9.97. The average molecular weight is 625 g/mol. The Balaban J connectivity index is 1.28. The maximum Gasteiger partial charge on any atom is 0.165 e. The SMILES string of the molecule is c1ccc(-n2c3ccccc3c3c4c5cc(-c6ccc7oc8ccccc8c7c6)cc6c7nc8ccccc8nc7n(c4ccc32)c65)cc1. The first-order chi connectivity index (χ1) is 24.3. The van der Waals surface area contributed by atoms with Crippen molar-refractivity contribution in [3.8, 4) is 16.8 Å². The van der Waals surface area contributed by atoms with Gasteiger partial charge in [-0.05, 0) is 83.9 Å². The zero-order valence-corrected chi connectivity index (χ0v) is 26.1. The van der Waals surface area contributed by atoms with Gasteiger partial charge in [0.1, 0.15) is 16.7 Å². The van der Waals surface area contributed by atoms with Gasteiger partial charge in [0.15, 0.2) is 5.65 Å². The van der Waals surface area contributed by atoms with E-state index in [0.717, 1.165) is 77.4 Å². The molecule has 5 aromatic heterocycles. The summed E-state index contributed by atoms with van der Waals surface area (Å²) in [5.41, 5.74) is 13.5. The van der Waals surface area contributed by atoms with Crippen molar-refractivity contribution in [2.45, 2.75) is 0 Å². The molecule has 0 saturated heterocycles. The van der Waals surface area contributed by atoms with Crippen molar-refractivity contribution in [1.29, 1.82) is 0 Å². The zero-order valence-electron chi connectivity index (χ0n) is 26.1. The van der Waals surface area contributed by atoms with E-state index in [1.54, 1.807) is 0 Å². The molecule has 0 radical (unpaired) electrons. The fourth-order valence-corrected chi connectivity index (χ4v) is 8.35. The Kier molecular flexibility index (Phi) is 4.66. The van der Waals surface area contributed by atoms with Crippen LogP contribution in [0.15, 0.2) is 150 Å². The van der Waals surface area contributed by atoms with Crippen molar-refractivity contribution < 1.29 is 4.42 Å². The molecule has 5 heteroatoms. The Labute approximate surface area is 278 Å². The van der Waals surface area contributed by atoms with Crippen LogP contribution in [-0.2, 0) is 0 Å². The van der Waals surface area contributed by atoms with E-state index in [1.807, 2.05) is 24.3 Å². The smallest absolute Gasteiger partial charge is 0.165 e. The summed E-state index contributed by atoms with van der Waals surface area (Å²) in [6.07, 6.45) is 0. The van der Waals surface area contributed by atoms with E-state index in [1.165, 1.54) is 32.6 Å². The molecule has 5 heterocycles. The van der Waals surface area contributed by atoms with E-state index >= 15 is 0 Å². The normalized spacial score (nSPS) is 12.5. The monoisotopic (exact) mass is 624 g/mol. The fourth-order valence-electron chi connectivity index (χ4n) is 8.35. The van der Waals surface area contributed by atoms with Crippen LogP contribution >= 0.6 is 0 Å². The van der Waals surface area contributed by atoms with Crippen LogP contribution in [-0.4, -0.2) is 18.9 Å². The molecule has 0 bridgehead atoms. The molecule has 0 N–H and O–H groups in total. The highest BCUT2D eigenvalue weighted by Gasteiger charge is 2.25. The molecule has 0 aliphatic heterocycles. The van der Waals surface area contributed by atoms with Crippen LogP contribution in [0.4, 0.5) is 0 Å². The second-order valence-electron chi connectivity index (χ2n) is 13.0. The van der Waals surface area contributed by atoms with Crippen LogP contribution in [0.1, 0.15) is 0 Å². The lowest BCUT2D eigenvalue weighted by Crippen LogP contribution is -1.93. The van der Waals surface area contributed by atoms with Crippen molar-refractivity contribution in [3.63, 3.8) is 0 Å². The number of fused-ring (bicyclic) bond motifs is 14. The average Bonchev–Trinajstić information content (AvgIpc) is 3.89. The van der Waals surface area contributed by atoms with Crippen LogP contribution in [0.25, 0.3) is 110 Å². The number of benzene rings is 7. The number of hydrogen-bond donors (Lipinski definition) is 0. The summed E-state index contributed by atoms with van der Waals surface area (Å²) in [4.78, 5) is 10.5. The van der Waals surface area contributed by atoms with Gasteiger partial charge in [-0.1, -0.05) is 72.8 Å². The molecular weight excluding hydrogens is 601 g/mol. The topological polar surface area (TPSA) is 48.3 Å². The fraction of sp³-hybridized carbons (Fsp3) is 0. The maximum atomic E-state index is 6.20. The third kappa shape index (κ3) is 3.24. The van der Waals surface area contributed by atoms with Crippen molar-refractivity contribution in [1.82, 2.24) is 18.9 Å². The molecule has 5 nitrogen and oxygen atoms in total. The highest BCUT2D eigenvalue weighted by atomic mass is 16.3. The van der Waals surface area contributed by atoms with Gasteiger partial charge in [-0.15, -0.1) is 0 Å². The van der Waals surface area contributed by atoms with Crippen LogP contribution in [0.5, 0.6) is 0 Å². The molecule has 226 valence electrons. The number of nitrogens with zero attached hydrogens (tertiary/aromatic N) is 4. The summed E-state index contributed by atoms with van der Waals surface area (Å²) in [5.74, 6) is 0. The van der Waals surface area contributed by atoms with E-state index in [-0.39, 0.29) is 0 Å². The molecule has 0 aliphatic carbocycles. The number of aromatic nitrogens is 4. The molecule has 0 spiro atoms. The van der Waals surface area contributed by atoms with Crippen LogP contribution in [0.3, 0.4) is 0 Å². The third-order valence-electron chi connectivity index (χ3n) is 10.4. The molecule has 0 amide bonds. The lowest BCUT2D eigenvalue weighted by molar-refractivity contribution is 0.669. The summed E-state index contributed by atoms with van der Waals surface area (Å²) in [6.45, 7) is 0. The highest BCUT2D eigenvalue weighted by molar-refractivity contribution is 6.33. The maximum absolute atomic E-state index is 6.20. The van der Waals surface area contributed by atoms with Gasteiger partial charge < -0.3 is 8.98 Å². The van der Waals surface area contributed by atoms with Gasteiger partial charge in [0.05, 0.1) is 33.1 Å². The molecule has 0 aliphatic rings. The van der Waals surface area contributed by atoms with Gasteiger partial charge in [-0.2, -0.15) is 0 Å². The first-order valence-electron chi connectivity index (χ1n) is 16.6. The molecule has 0 unspecified atom stereocenters. The molecule has 0 atom stereocenters. The Morgan fingerprint density at radius 3 is 2.02 bits per heavy atom. The van der Waals surface area contributed by atoms with Crippen LogP contribution in [0, 0.1) is 0 Å². The number of furan rings is 1. The minimum Gasteiger partial charge on any atom is -0.456 e. The van der Waals surface area contributed by atoms with Gasteiger partial charge in [-0.25, -0.2) is 9.97 Å². The quantitative estimate of drug-likeness (QED) is 0.192. The van der Waals surface area contributed by atoms with E-state index in [4.69, 9.17) is 14.4 Å². The molecule has 0 fully saturated rings. The minimum atomic E-state index is 0.883. The first kappa shape index (κ1) is 25.4. The van der Waals surface area contributed by atoms with Crippen LogP contribution in [0.2, 0.25) is 0 Å². The lowest BCUT2D eigenvalue weighted by Gasteiger charge is -2.08. The van der Waals surface area contributed by atoms with E-state index in [0.29, 0.717) is 0 Å². The molecule has 12 aromatic rings. The first-order valence-corrected chi connectivity index (χ1v) is 16.6. The summed E-state index contributed by atoms with van der Waals surface area (Å²) >= 11 is 0. The Morgan fingerprint density at radius 2 is 1.12 bits per heavy atom. The van der Waals surface area contributed by atoms with Gasteiger partial charge in [0.2, 0.25) is 0 Å². The predicted molar refractivity (Wildman–Crippen MR) is 201 cm³/mol. The minimum absolute atomic E-state index is 0.883. The second kappa shape index (κ2) is 9.00. The number of para-hydroxylation sites is 5. The van der Waals surface area contributed by atoms with Gasteiger partial charge in [-0.3, -0.25) is 4.40 Å². The van der Waals surface area contributed by atoms with Gasteiger partial charge >= 0.3 is 0 Å². The highest BCUT2D eigenvalue weighted by Crippen LogP contribution is 2.46. The molecule has 12 rings (SSSR count). The third-order valence-corrected chi connectivity index (χ3v) is 10.4. The zero-order chi connectivity index (χ0) is 31.8. The molecular formula is C44H24N4O. The van der Waals surface area contributed by atoms with Crippen molar-refractivity contribution in [2.75, 3.05) is 0 Å². The standard InChI is InChI=1S/C44H24N4O/c1-2-10-27(11-3-1)47-35-16-8-4-13-29(35)40-36(47)19-20-37-41(40)31-23-26(25-18-21-39-30(22-25)28-12-5-9-17-38(28)49-39)24-32-42-44(48(37)43(31)32)46-34-15-7-6-14-33(34)45-42/h1-24H. The Morgan fingerprint density at radius 1 is 0.449 bits per heavy atom. The van der Waals surface area contributed by atoms with Crippen molar-refractivity contribution in [2.24, 2.45) is 0 Å². The van der Waals surface area contributed by atoms with E-state index in [9.17, 15) is 0 Å². The Hall–Kier alpha value is -6.72. The molecule has 0 saturated carbocycles. The summed E-state index contributed by atoms with van der Waals surface area (Å²) in [6, 6.07) is 51.6. The van der Waals surface area contributed by atoms with E-state index in [2.05, 4.69) is 130 Å². The molecule has 7 aromatic carbocycles. The summed E-state index contributed by atoms with van der Waals surface area (Å²) in [5, 5.41) is 8.26. The predicted octanol–water partition coefficient (Wildman–Crippen LogP) is 11.4. The number of rotatable bonds is 2. The number of hydrogen-bond acceptors (Lipinski definition) is 3. The second-order valence-corrected chi connectivity index (χ2v) is 13.0. The largest absolute Gasteiger partial charge is 0.456 e.